The number of halogens is 2. The Balaban J connectivity index is 2.50. The Morgan fingerprint density at radius 3 is 2.39 bits per heavy atom. The fraction of sp³-hybridized carbons (Fsp3) is 0.421. The molecule has 0 aliphatic carbocycles. The van der Waals surface area contributed by atoms with Gasteiger partial charge in [0, 0.05) is 23.1 Å². The molecular formula is C19H24Cl2N4O3. The molecule has 2 rings (SSSR count). The van der Waals surface area contributed by atoms with Gasteiger partial charge in [-0.25, -0.2) is 4.79 Å². The number of unbranched alkanes of at least 4 members (excludes halogenated alkanes) is 1. The van der Waals surface area contributed by atoms with E-state index in [-0.39, 0.29) is 30.4 Å². The third kappa shape index (κ3) is 4.77. The van der Waals surface area contributed by atoms with Gasteiger partial charge in [-0.1, -0.05) is 49.5 Å². The highest BCUT2D eigenvalue weighted by molar-refractivity contribution is 6.36. The number of amides is 1. The number of hydrogen-bond acceptors (Lipinski definition) is 4. The topological polar surface area (TPSA) is 101 Å². The van der Waals surface area contributed by atoms with Crippen LogP contribution in [-0.2, 0) is 17.8 Å². The minimum atomic E-state index is -0.692. The average molecular weight is 427 g/mol. The Bertz CT molecular complexity index is 948. The molecule has 0 aliphatic heterocycles. The smallest absolute Gasteiger partial charge is 0.330 e. The lowest BCUT2D eigenvalue weighted by atomic mass is 10.1. The van der Waals surface area contributed by atoms with Crippen molar-refractivity contribution in [2.75, 3.05) is 17.2 Å². The lowest BCUT2D eigenvalue weighted by molar-refractivity contribution is -0.118. The molecule has 152 valence electrons. The molecule has 0 atom stereocenters. The van der Waals surface area contributed by atoms with E-state index < -0.39 is 11.2 Å². The molecular weight excluding hydrogens is 403 g/mol. The lowest BCUT2D eigenvalue weighted by Crippen LogP contribution is -2.42. The Labute approximate surface area is 173 Å². The number of carbonyl (C=O) groups is 1. The van der Waals surface area contributed by atoms with Crippen molar-refractivity contribution in [2.45, 2.75) is 46.1 Å². The number of aromatic nitrogens is 2. The van der Waals surface area contributed by atoms with E-state index >= 15 is 0 Å². The summed E-state index contributed by atoms with van der Waals surface area (Å²) in [4.78, 5) is 41.2. The first kappa shape index (κ1) is 22.0. The number of H-pyrrole nitrogens is 1. The number of benzene rings is 1. The minimum Gasteiger partial charge on any atom is -0.383 e. The van der Waals surface area contributed by atoms with Crippen molar-refractivity contribution in [1.82, 2.24) is 9.55 Å². The fourth-order valence-corrected chi connectivity index (χ4v) is 3.44. The first-order chi connectivity index (χ1) is 13.3. The van der Waals surface area contributed by atoms with Crippen LogP contribution in [0.25, 0.3) is 0 Å². The van der Waals surface area contributed by atoms with Crippen molar-refractivity contribution in [2.24, 2.45) is 0 Å². The molecule has 7 nitrogen and oxygen atoms in total. The highest BCUT2D eigenvalue weighted by atomic mass is 35.5. The van der Waals surface area contributed by atoms with Crippen LogP contribution in [0.15, 0.2) is 27.8 Å². The van der Waals surface area contributed by atoms with Crippen LogP contribution in [0.2, 0.25) is 10.0 Å². The van der Waals surface area contributed by atoms with E-state index in [9.17, 15) is 14.4 Å². The number of hydrogen-bond donors (Lipinski definition) is 2. The van der Waals surface area contributed by atoms with E-state index in [0.29, 0.717) is 35.0 Å². The number of carbonyl (C=O) groups excluding carboxylic acids is 1. The van der Waals surface area contributed by atoms with Gasteiger partial charge in [-0.2, -0.15) is 0 Å². The summed E-state index contributed by atoms with van der Waals surface area (Å²) >= 11 is 12.3. The molecule has 1 amide bonds. The summed E-state index contributed by atoms with van der Waals surface area (Å²) in [6, 6.07) is 4.98. The van der Waals surface area contributed by atoms with E-state index in [1.54, 1.807) is 18.2 Å². The van der Waals surface area contributed by atoms with Gasteiger partial charge in [0.25, 0.3) is 5.56 Å². The molecule has 1 aromatic heterocycles. The fourth-order valence-electron chi connectivity index (χ4n) is 2.91. The summed E-state index contributed by atoms with van der Waals surface area (Å²) in [7, 11) is 0. The molecule has 0 spiro atoms. The zero-order chi connectivity index (χ0) is 20.8. The van der Waals surface area contributed by atoms with Crippen LogP contribution < -0.4 is 21.9 Å². The highest BCUT2D eigenvalue weighted by Crippen LogP contribution is 2.26. The van der Waals surface area contributed by atoms with E-state index in [1.807, 2.05) is 13.8 Å². The second kappa shape index (κ2) is 9.80. The van der Waals surface area contributed by atoms with Gasteiger partial charge in [0.15, 0.2) is 5.69 Å². The molecule has 1 heterocycles. The van der Waals surface area contributed by atoms with Gasteiger partial charge >= 0.3 is 5.69 Å². The Morgan fingerprint density at radius 1 is 1.18 bits per heavy atom. The van der Waals surface area contributed by atoms with Gasteiger partial charge in [-0.05, 0) is 30.5 Å². The number of nitrogens with zero attached hydrogens (tertiary/aromatic N) is 2. The number of rotatable bonds is 8. The molecule has 0 fully saturated rings. The van der Waals surface area contributed by atoms with Crippen molar-refractivity contribution in [3.05, 3.63) is 54.6 Å². The molecule has 1 aromatic carbocycles. The van der Waals surface area contributed by atoms with Gasteiger partial charge in [-0.15, -0.1) is 0 Å². The van der Waals surface area contributed by atoms with Crippen LogP contribution >= 0.6 is 23.2 Å². The third-order valence-corrected chi connectivity index (χ3v) is 5.07. The average Bonchev–Trinajstić information content (AvgIpc) is 2.63. The summed E-state index contributed by atoms with van der Waals surface area (Å²) < 4.78 is 1.29. The number of aromatic amines is 1. The van der Waals surface area contributed by atoms with Crippen molar-refractivity contribution in [3.63, 3.8) is 0 Å². The van der Waals surface area contributed by atoms with Crippen LogP contribution in [0.5, 0.6) is 0 Å². The van der Waals surface area contributed by atoms with Gasteiger partial charge in [0.1, 0.15) is 5.82 Å². The van der Waals surface area contributed by atoms with Crippen molar-refractivity contribution >= 4 is 40.6 Å². The Hall–Kier alpha value is -2.25. The van der Waals surface area contributed by atoms with E-state index in [4.69, 9.17) is 28.9 Å². The van der Waals surface area contributed by atoms with Gasteiger partial charge in [0.2, 0.25) is 5.91 Å². The van der Waals surface area contributed by atoms with Gasteiger partial charge < -0.3 is 10.6 Å². The summed E-state index contributed by atoms with van der Waals surface area (Å²) in [5, 5.41) is 0.735. The van der Waals surface area contributed by atoms with Crippen molar-refractivity contribution in [3.8, 4) is 0 Å². The first-order valence-electron chi connectivity index (χ1n) is 9.17. The normalized spacial score (nSPS) is 10.9. The molecule has 3 N–H and O–H groups in total. The summed E-state index contributed by atoms with van der Waals surface area (Å²) in [5.41, 5.74) is 5.32. The number of anilines is 2. The van der Waals surface area contributed by atoms with Crippen LogP contribution in [0.1, 0.15) is 38.7 Å². The minimum absolute atomic E-state index is 0.0192. The molecule has 0 unspecified atom stereocenters. The zero-order valence-electron chi connectivity index (χ0n) is 15.9. The molecule has 0 saturated carbocycles. The quantitative estimate of drug-likeness (QED) is 0.676. The maximum atomic E-state index is 13.0. The predicted molar refractivity (Wildman–Crippen MR) is 113 cm³/mol. The summed E-state index contributed by atoms with van der Waals surface area (Å²) in [5.74, 6) is -0.399. The molecule has 0 radical (unpaired) electrons. The van der Waals surface area contributed by atoms with E-state index in [2.05, 4.69) is 4.98 Å². The molecule has 0 bridgehead atoms. The van der Waals surface area contributed by atoms with Crippen molar-refractivity contribution in [1.29, 1.82) is 0 Å². The molecule has 0 aliphatic rings. The monoisotopic (exact) mass is 426 g/mol. The maximum absolute atomic E-state index is 13.0. The molecule has 9 heteroatoms. The summed E-state index contributed by atoms with van der Waals surface area (Å²) in [6.45, 7) is 4.48. The molecule has 2 aromatic rings. The zero-order valence-corrected chi connectivity index (χ0v) is 17.4. The Kier molecular flexibility index (Phi) is 7.71. The lowest BCUT2D eigenvalue weighted by Gasteiger charge is -2.24. The molecule has 28 heavy (non-hydrogen) atoms. The van der Waals surface area contributed by atoms with Crippen molar-refractivity contribution < 1.29 is 4.79 Å². The predicted octanol–water partition coefficient (Wildman–Crippen LogP) is 3.21. The van der Waals surface area contributed by atoms with Gasteiger partial charge in [-0.3, -0.25) is 19.1 Å². The number of nitrogens with two attached hydrogens (primary N) is 1. The number of nitrogens with one attached hydrogen (secondary N) is 1. The highest BCUT2D eigenvalue weighted by Gasteiger charge is 2.24. The first-order valence-corrected chi connectivity index (χ1v) is 9.93. The maximum Gasteiger partial charge on any atom is 0.330 e. The standard InChI is InChI=1S/C19H24Cl2N4O3/c1-3-5-10-25-17(22)16(18(27)23-19(25)28)24(9-4-2)15(26)11-12-13(20)7-6-8-14(12)21/h6-8H,3-5,9-11,22H2,1-2H3,(H,23,27,28). The SMILES string of the molecule is CCCCn1c(N)c(N(CCC)C(=O)Cc2c(Cl)cccc2Cl)c(=O)[nH]c1=O. The Morgan fingerprint density at radius 2 is 1.82 bits per heavy atom. The van der Waals surface area contributed by atoms with E-state index in [0.717, 1.165) is 6.42 Å². The second-order valence-corrected chi connectivity index (χ2v) is 7.24. The van der Waals surface area contributed by atoms with Crippen LogP contribution in [0, 0.1) is 0 Å². The number of nitrogen functional groups attached to an aromatic ring is 1. The van der Waals surface area contributed by atoms with Crippen LogP contribution in [-0.4, -0.2) is 22.0 Å². The third-order valence-electron chi connectivity index (χ3n) is 4.36. The van der Waals surface area contributed by atoms with E-state index in [1.165, 1.54) is 9.47 Å². The van der Waals surface area contributed by atoms with Gasteiger partial charge in [0.05, 0.1) is 6.42 Å². The van der Waals surface area contributed by atoms with Crippen LogP contribution in [0.3, 0.4) is 0 Å². The molecule has 0 saturated heterocycles. The largest absolute Gasteiger partial charge is 0.383 e. The van der Waals surface area contributed by atoms with Crippen LogP contribution in [0.4, 0.5) is 11.5 Å². The summed E-state index contributed by atoms with van der Waals surface area (Å²) in [6.07, 6.45) is 2.07. The second-order valence-electron chi connectivity index (χ2n) is 6.42.